The van der Waals surface area contributed by atoms with Gasteiger partial charge in [-0.1, -0.05) is 42.0 Å². The zero-order valence-electron chi connectivity index (χ0n) is 19.6. The average Bonchev–Trinajstić information content (AvgIpc) is 3.56. The van der Waals surface area contributed by atoms with Crippen LogP contribution in [0.25, 0.3) is 21.8 Å². The van der Waals surface area contributed by atoms with Crippen molar-refractivity contribution in [3.63, 3.8) is 0 Å². The molecule has 0 bridgehead atoms. The largest absolute Gasteiger partial charge is 0.497 e. The Morgan fingerprint density at radius 3 is 1.57 bits per heavy atom. The smallest absolute Gasteiger partial charge is 0.263 e. The monoisotopic (exact) mass is 460 g/mol. The number of ether oxygens (including phenoxy) is 1. The van der Waals surface area contributed by atoms with E-state index in [9.17, 15) is 9.59 Å². The standard InChI is InChI=1S/C30H24N2O3/c1-19-7-9-20(10-8-19)17-23-25-5-3-15-31(25)30(34)28-24(18-21-11-13-22(35-2)14-12-21)26-6-4-16-32(26)29(33)27(23)28/h3-16H,17-18H2,1-2H3. The van der Waals surface area contributed by atoms with Gasteiger partial charge in [-0.25, -0.2) is 0 Å². The van der Waals surface area contributed by atoms with Crippen molar-refractivity contribution in [2.75, 3.05) is 7.11 Å². The number of hydrogen-bond acceptors (Lipinski definition) is 3. The molecule has 0 saturated carbocycles. The second-order valence-corrected chi connectivity index (χ2v) is 9.03. The molecule has 6 aromatic rings. The molecule has 0 fully saturated rings. The van der Waals surface area contributed by atoms with Gasteiger partial charge in [-0.05, 0) is 65.6 Å². The molecule has 0 saturated heterocycles. The van der Waals surface area contributed by atoms with Gasteiger partial charge < -0.3 is 4.74 Å². The molecule has 5 nitrogen and oxygen atoms in total. The van der Waals surface area contributed by atoms with E-state index in [4.69, 9.17) is 4.74 Å². The summed E-state index contributed by atoms with van der Waals surface area (Å²) in [5.74, 6) is 0.778. The Hall–Kier alpha value is -4.38. The highest BCUT2D eigenvalue weighted by Crippen LogP contribution is 2.28. The molecule has 4 aromatic heterocycles. The van der Waals surface area contributed by atoms with Crippen LogP contribution in [0.3, 0.4) is 0 Å². The Kier molecular flexibility index (Phi) is 4.92. The minimum absolute atomic E-state index is 0.151. The van der Waals surface area contributed by atoms with Gasteiger partial charge in [0.05, 0.1) is 28.9 Å². The maximum Gasteiger partial charge on any atom is 0.263 e. The van der Waals surface area contributed by atoms with E-state index < -0.39 is 0 Å². The van der Waals surface area contributed by atoms with Crippen LogP contribution in [0.1, 0.15) is 27.8 Å². The molecule has 0 spiro atoms. The van der Waals surface area contributed by atoms with Crippen LogP contribution in [0.15, 0.2) is 94.8 Å². The Morgan fingerprint density at radius 1 is 0.657 bits per heavy atom. The number of pyridine rings is 2. The molecule has 0 N–H and O–H groups in total. The third-order valence-electron chi connectivity index (χ3n) is 6.88. The summed E-state index contributed by atoms with van der Waals surface area (Å²) < 4.78 is 8.66. The minimum atomic E-state index is -0.156. The lowest BCUT2D eigenvalue weighted by atomic mass is 9.94. The zero-order chi connectivity index (χ0) is 24.1. The topological polar surface area (TPSA) is 52.2 Å². The van der Waals surface area contributed by atoms with Gasteiger partial charge >= 0.3 is 0 Å². The summed E-state index contributed by atoms with van der Waals surface area (Å²) in [6, 6.07) is 23.7. The van der Waals surface area contributed by atoms with E-state index in [0.717, 1.165) is 39.0 Å². The van der Waals surface area contributed by atoms with Crippen LogP contribution in [0, 0.1) is 6.92 Å². The lowest BCUT2D eigenvalue weighted by Crippen LogP contribution is -2.24. The van der Waals surface area contributed by atoms with Crippen LogP contribution in [-0.2, 0) is 12.8 Å². The number of methoxy groups -OCH3 is 1. The summed E-state index contributed by atoms with van der Waals surface area (Å²) in [4.78, 5) is 27.6. The number of aryl methyl sites for hydroxylation is 1. The molecule has 0 radical (unpaired) electrons. The van der Waals surface area contributed by atoms with Crippen LogP contribution < -0.4 is 15.9 Å². The fourth-order valence-electron chi connectivity index (χ4n) is 5.09. The molecule has 2 aromatic carbocycles. The summed E-state index contributed by atoms with van der Waals surface area (Å²) in [6.07, 6.45) is 4.67. The summed E-state index contributed by atoms with van der Waals surface area (Å²) in [5, 5.41) is 1.01. The second-order valence-electron chi connectivity index (χ2n) is 9.03. The second kappa shape index (κ2) is 8.13. The summed E-state index contributed by atoms with van der Waals surface area (Å²) in [5.41, 5.74) is 6.30. The first-order chi connectivity index (χ1) is 17.0. The quantitative estimate of drug-likeness (QED) is 0.364. The number of benzene rings is 2. The highest BCUT2D eigenvalue weighted by molar-refractivity contribution is 5.96. The van der Waals surface area contributed by atoms with E-state index in [1.54, 1.807) is 28.3 Å². The van der Waals surface area contributed by atoms with Crippen molar-refractivity contribution in [2.45, 2.75) is 19.8 Å². The predicted molar refractivity (Wildman–Crippen MR) is 139 cm³/mol. The number of nitrogens with zero attached hydrogens (tertiary/aromatic N) is 2. The van der Waals surface area contributed by atoms with Crippen molar-refractivity contribution in [3.05, 3.63) is 134 Å². The van der Waals surface area contributed by atoms with Crippen molar-refractivity contribution < 1.29 is 4.74 Å². The summed E-state index contributed by atoms with van der Waals surface area (Å²) in [6.45, 7) is 2.06. The van der Waals surface area contributed by atoms with Gasteiger partial charge in [0.25, 0.3) is 11.1 Å². The van der Waals surface area contributed by atoms with Crippen LogP contribution in [-0.4, -0.2) is 15.9 Å². The van der Waals surface area contributed by atoms with E-state index in [1.807, 2.05) is 48.5 Å². The van der Waals surface area contributed by atoms with Gasteiger partial charge in [0.2, 0.25) is 0 Å². The third kappa shape index (κ3) is 3.39. The van der Waals surface area contributed by atoms with Gasteiger partial charge in [-0.2, -0.15) is 0 Å². The van der Waals surface area contributed by atoms with Crippen LogP contribution in [0.4, 0.5) is 0 Å². The average molecular weight is 461 g/mol. The molecule has 6 rings (SSSR count). The first-order valence-corrected chi connectivity index (χ1v) is 11.6. The molecule has 0 aliphatic rings. The summed E-state index contributed by atoms with van der Waals surface area (Å²) >= 11 is 0. The van der Waals surface area contributed by atoms with Crippen LogP contribution in [0.2, 0.25) is 0 Å². The zero-order valence-corrected chi connectivity index (χ0v) is 19.6. The highest BCUT2D eigenvalue weighted by Gasteiger charge is 2.22. The number of hydrogen-bond donors (Lipinski definition) is 0. The Balaban J connectivity index is 1.69. The van der Waals surface area contributed by atoms with Crippen molar-refractivity contribution in [1.29, 1.82) is 0 Å². The molecule has 0 aliphatic carbocycles. The van der Waals surface area contributed by atoms with E-state index in [-0.39, 0.29) is 11.1 Å². The normalized spacial score (nSPS) is 11.6. The van der Waals surface area contributed by atoms with E-state index >= 15 is 0 Å². The predicted octanol–water partition coefficient (Wildman–Crippen LogP) is 5.00. The van der Waals surface area contributed by atoms with E-state index in [1.165, 1.54) is 5.56 Å². The molecular formula is C30H24N2O3. The third-order valence-corrected chi connectivity index (χ3v) is 6.88. The lowest BCUT2D eigenvalue weighted by Gasteiger charge is -2.15. The van der Waals surface area contributed by atoms with Crippen LogP contribution >= 0.6 is 0 Å². The molecular weight excluding hydrogens is 436 g/mol. The highest BCUT2D eigenvalue weighted by atomic mass is 16.5. The number of fused-ring (bicyclic) bond motifs is 3. The first kappa shape index (κ1) is 21.2. The van der Waals surface area contributed by atoms with Gasteiger partial charge in [-0.15, -0.1) is 0 Å². The Morgan fingerprint density at radius 2 is 1.11 bits per heavy atom. The molecule has 0 amide bonds. The van der Waals surface area contributed by atoms with Crippen molar-refractivity contribution in [3.8, 4) is 5.75 Å². The first-order valence-electron chi connectivity index (χ1n) is 11.6. The maximum absolute atomic E-state index is 13.8. The molecule has 5 heteroatoms. The lowest BCUT2D eigenvalue weighted by molar-refractivity contribution is 0.414. The fourth-order valence-corrected chi connectivity index (χ4v) is 5.09. The van der Waals surface area contributed by atoms with Gasteiger partial charge in [-0.3, -0.25) is 18.4 Å². The molecule has 35 heavy (non-hydrogen) atoms. The fraction of sp³-hybridized carbons (Fsp3) is 0.133. The molecule has 0 aliphatic heterocycles. The van der Waals surface area contributed by atoms with Gasteiger partial charge in [0.15, 0.2) is 0 Å². The maximum atomic E-state index is 13.8. The number of aromatic nitrogens is 2. The molecule has 0 unspecified atom stereocenters. The minimum Gasteiger partial charge on any atom is -0.497 e. The van der Waals surface area contributed by atoms with Crippen molar-refractivity contribution >= 4 is 21.8 Å². The Bertz CT molecular complexity index is 1810. The van der Waals surface area contributed by atoms with Crippen molar-refractivity contribution in [1.82, 2.24) is 8.80 Å². The van der Waals surface area contributed by atoms with Crippen molar-refractivity contribution in [2.24, 2.45) is 0 Å². The number of rotatable bonds is 5. The van der Waals surface area contributed by atoms with Gasteiger partial charge in [0, 0.05) is 25.2 Å². The molecule has 172 valence electrons. The van der Waals surface area contributed by atoms with Gasteiger partial charge in [0.1, 0.15) is 5.75 Å². The summed E-state index contributed by atoms with van der Waals surface area (Å²) in [7, 11) is 1.64. The Labute approximate surface area is 201 Å². The molecule has 4 heterocycles. The van der Waals surface area contributed by atoms with E-state index in [0.29, 0.717) is 23.6 Å². The SMILES string of the molecule is COc1ccc(Cc2c3c(=O)n4cccc4c(Cc4ccc(C)cc4)c3c(=O)n3cccc23)cc1. The molecule has 0 atom stereocenters. The van der Waals surface area contributed by atoms with E-state index in [2.05, 4.69) is 31.2 Å². The van der Waals surface area contributed by atoms with Crippen LogP contribution in [0.5, 0.6) is 5.75 Å².